The van der Waals surface area contributed by atoms with Crippen molar-refractivity contribution in [2.45, 2.75) is 19.9 Å². The van der Waals surface area contributed by atoms with E-state index in [2.05, 4.69) is 0 Å². The Morgan fingerprint density at radius 3 is 2.33 bits per heavy atom. The zero-order valence-electron chi connectivity index (χ0n) is 6.40. The minimum atomic E-state index is -0.127. The van der Waals surface area contributed by atoms with Gasteiger partial charge in [0.2, 0.25) is 0 Å². The van der Waals surface area contributed by atoms with Crippen molar-refractivity contribution in [1.29, 1.82) is 0 Å². The minimum Gasteiger partial charge on any atom is -0.395 e. The quantitative estimate of drug-likeness (QED) is 0.710. The first kappa shape index (κ1) is 11.1. The summed E-state index contributed by atoms with van der Waals surface area (Å²) < 4.78 is 0. The van der Waals surface area contributed by atoms with Gasteiger partial charge in [0.1, 0.15) is 0 Å². The van der Waals surface area contributed by atoms with Crippen LogP contribution in [0.25, 0.3) is 0 Å². The summed E-state index contributed by atoms with van der Waals surface area (Å²) in [6.45, 7) is 0.0505. The van der Waals surface area contributed by atoms with Crippen molar-refractivity contribution in [3.8, 4) is 0 Å². The molecule has 0 bridgehead atoms. The van der Waals surface area contributed by atoms with Crippen molar-refractivity contribution in [2.24, 2.45) is 5.73 Å². The van der Waals surface area contributed by atoms with Crippen LogP contribution >= 0.6 is 0 Å². The average molecular weight is 167 g/mol. The van der Waals surface area contributed by atoms with Gasteiger partial charge in [-0.05, 0) is 12.0 Å². The number of aliphatic hydroxyl groups is 1. The van der Waals surface area contributed by atoms with E-state index in [1.165, 1.54) is 5.56 Å². The topological polar surface area (TPSA) is 46.2 Å². The second kappa shape index (κ2) is 5.75. The van der Waals surface area contributed by atoms with Crippen molar-refractivity contribution in [2.75, 3.05) is 6.61 Å². The molecule has 2 heteroatoms. The fraction of sp³-hybridized carbons (Fsp3) is 0.400. The lowest BCUT2D eigenvalue weighted by molar-refractivity contribution is 0.265. The van der Waals surface area contributed by atoms with Gasteiger partial charge in [0.25, 0.3) is 0 Å². The van der Waals surface area contributed by atoms with E-state index < -0.39 is 0 Å². The fourth-order valence-corrected chi connectivity index (χ4v) is 0.981. The van der Waals surface area contributed by atoms with Crippen LogP contribution < -0.4 is 5.73 Å². The molecular weight excluding hydrogens is 150 g/mol. The van der Waals surface area contributed by atoms with Crippen LogP contribution in [-0.2, 0) is 6.42 Å². The van der Waals surface area contributed by atoms with Gasteiger partial charge >= 0.3 is 0 Å². The van der Waals surface area contributed by atoms with E-state index in [0.29, 0.717) is 0 Å². The average Bonchev–Trinajstić information content (AvgIpc) is 2.06. The van der Waals surface area contributed by atoms with E-state index in [1.807, 2.05) is 30.3 Å². The monoisotopic (exact) mass is 167 g/mol. The highest BCUT2D eigenvalue weighted by Gasteiger charge is 1.99. The lowest BCUT2D eigenvalue weighted by Gasteiger charge is -2.06. The molecule has 0 amide bonds. The number of hydrogen-bond acceptors (Lipinski definition) is 2. The van der Waals surface area contributed by atoms with Gasteiger partial charge in [0.05, 0.1) is 6.61 Å². The van der Waals surface area contributed by atoms with Crippen molar-refractivity contribution < 1.29 is 5.11 Å². The van der Waals surface area contributed by atoms with Crippen molar-refractivity contribution in [3.05, 3.63) is 35.9 Å². The normalized spacial score (nSPS) is 11.8. The molecule has 1 aromatic rings. The van der Waals surface area contributed by atoms with Gasteiger partial charge in [-0.3, -0.25) is 0 Å². The van der Waals surface area contributed by atoms with Crippen LogP contribution in [0.2, 0.25) is 0 Å². The van der Waals surface area contributed by atoms with Crippen LogP contribution in [0, 0.1) is 0 Å². The Labute approximate surface area is 74.0 Å². The van der Waals surface area contributed by atoms with Gasteiger partial charge in [-0.1, -0.05) is 37.8 Å². The summed E-state index contributed by atoms with van der Waals surface area (Å²) in [4.78, 5) is 0. The predicted molar refractivity (Wildman–Crippen MR) is 51.9 cm³/mol. The van der Waals surface area contributed by atoms with Crippen molar-refractivity contribution in [1.82, 2.24) is 0 Å². The summed E-state index contributed by atoms with van der Waals surface area (Å²) >= 11 is 0. The predicted octanol–water partition coefficient (Wildman–Crippen LogP) is 1.18. The summed E-state index contributed by atoms with van der Waals surface area (Å²) in [5.74, 6) is 0. The molecule has 0 aliphatic heterocycles. The molecule has 12 heavy (non-hydrogen) atoms. The van der Waals surface area contributed by atoms with Crippen LogP contribution in [0.15, 0.2) is 30.3 Å². The van der Waals surface area contributed by atoms with Crippen molar-refractivity contribution >= 4 is 0 Å². The third-order valence-corrected chi connectivity index (χ3v) is 1.58. The number of hydrogen-bond donors (Lipinski definition) is 2. The van der Waals surface area contributed by atoms with Crippen LogP contribution in [0.5, 0.6) is 0 Å². The third-order valence-electron chi connectivity index (χ3n) is 1.58. The lowest BCUT2D eigenvalue weighted by atomic mass is 10.1. The molecule has 0 saturated carbocycles. The van der Waals surface area contributed by atoms with E-state index in [0.717, 1.165) is 6.42 Å². The Morgan fingerprint density at radius 1 is 1.25 bits per heavy atom. The highest BCUT2D eigenvalue weighted by molar-refractivity contribution is 5.15. The zero-order chi connectivity index (χ0) is 8.10. The van der Waals surface area contributed by atoms with Crippen molar-refractivity contribution in [3.63, 3.8) is 0 Å². The number of nitrogens with two attached hydrogens (primary N) is 1. The molecule has 2 nitrogen and oxygen atoms in total. The Bertz CT molecular complexity index is 198. The molecule has 1 rings (SSSR count). The first-order valence-corrected chi connectivity index (χ1v) is 3.73. The van der Waals surface area contributed by atoms with Gasteiger partial charge in [-0.15, -0.1) is 0 Å². The summed E-state index contributed by atoms with van der Waals surface area (Å²) in [5, 5.41) is 8.67. The maximum Gasteiger partial charge on any atom is 0.0585 e. The minimum absolute atomic E-state index is 0. The molecule has 0 aliphatic rings. The standard InChI is InChI=1S/C9H13NO.CH4/c10-9(7-11)6-8-4-2-1-3-5-8;/h1-5,9,11H,6-7,10H2;1H4. The summed E-state index contributed by atoms with van der Waals surface area (Å²) in [6, 6.07) is 9.80. The molecule has 1 aromatic carbocycles. The fourth-order valence-electron chi connectivity index (χ4n) is 0.981. The molecule has 1 unspecified atom stereocenters. The van der Waals surface area contributed by atoms with E-state index in [4.69, 9.17) is 10.8 Å². The molecule has 3 N–H and O–H groups in total. The number of benzene rings is 1. The molecule has 0 heterocycles. The summed E-state index contributed by atoms with van der Waals surface area (Å²) in [7, 11) is 0. The van der Waals surface area contributed by atoms with Gasteiger partial charge < -0.3 is 10.8 Å². The van der Waals surface area contributed by atoms with Gasteiger partial charge in [-0.25, -0.2) is 0 Å². The largest absolute Gasteiger partial charge is 0.395 e. The second-order valence-corrected chi connectivity index (χ2v) is 2.63. The molecule has 0 radical (unpaired) electrons. The molecule has 0 fully saturated rings. The van der Waals surface area contributed by atoms with Crippen LogP contribution in [0.4, 0.5) is 0 Å². The third kappa shape index (κ3) is 3.51. The van der Waals surface area contributed by atoms with E-state index in [9.17, 15) is 0 Å². The van der Waals surface area contributed by atoms with Gasteiger partial charge in [0.15, 0.2) is 0 Å². The van der Waals surface area contributed by atoms with Gasteiger partial charge in [-0.2, -0.15) is 0 Å². The number of rotatable bonds is 3. The van der Waals surface area contributed by atoms with Crippen LogP contribution in [0.3, 0.4) is 0 Å². The van der Waals surface area contributed by atoms with Crippen LogP contribution in [-0.4, -0.2) is 17.8 Å². The first-order valence-electron chi connectivity index (χ1n) is 3.73. The molecule has 68 valence electrons. The summed E-state index contributed by atoms with van der Waals surface area (Å²) in [5.41, 5.74) is 6.73. The van der Waals surface area contributed by atoms with E-state index in [1.54, 1.807) is 0 Å². The maximum atomic E-state index is 8.67. The van der Waals surface area contributed by atoms with Crippen LogP contribution in [0.1, 0.15) is 13.0 Å². The Hall–Kier alpha value is -0.860. The maximum absolute atomic E-state index is 8.67. The second-order valence-electron chi connectivity index (χ2n) is 2.63. The first-order chi connectivity index (χ1) is 5.33. The van der Waals surface area contributed by atoms with E-state index >= 15 is 0 Å². The Morgan fingerprint density at radius 2 is 1.83 bits per heavy atom. The SMILES string of the molecule is C.NC(CO)Cc1ccccc1. The molecule has 1 atom stereocenters. The zero-order valence-corrected chi connectivity index (χ0v) is 6.40. The molecular formula is C10H17NO. The lowest BCUT2D eigenvalue weighted by Crippen LogP contribution is -2.26. The molecule has 0 saturated heterocycles. The molecule has 0 spiro atoms. The Balaban J connectivity index is 0.00000121. The molecule has 0 aliphatic carbocycles. The molecule has 0 aromatic heterocycles. The smallest absolute Gasteiger partial charge is 0.0585 e. The number of aliphatic hydroxyl groups excluding tert-OH is 1. The summed E-state index contributed by atoms with van der Waals surface area (Å²) in [6.07, 6.45) is 0.747. The van der Waals surface area contributed by atoms with E-state index in [-0.39, 0.29) is 20.1 Å². The Kier molecular flexibility index (Phi) is 5.34. The highest BCUT2D eigenvalue weighted by atomic mass is 16.3. The van der Waals surface area contributed by atoms with Gasteiger partial charge in [0, 0.05) is 6.04 Å². The highest BCUT2D eigenvalue weighted by Crippen LogP contribution is 2.00.